The van der Waals surface area contributed by atoms with Gasteiger partial charge in [0, 0.05) is 5.56 Å². The molecule has 1 heterocycles. The van der Waals surface area contributed by atoms with Crippen molar-refractivity contribution in [1.29, 1.82) is 0 Å². The molecule has 0 atom stereocenters. The van der Waals surface area contributed by atoms with Gasteiger partial charge in [-0.1, -0.05) is 46.6 Å². The Balaban J connectivity index is 1.72. The van der Waals surface area contributed by atoms with Gasteiger partial charge in [-0.2, -0.15) is 0 Å². The highest BCUT2D eigenvalue weighted by atomic mass is 16.4. The van der Waals surface area contributed by atoms with Gasteiger partial charge in [0.05, 0.1) is 6.42 Å². The number of amides is 1. The van der Waals surface area contributed by atoms with Gasteiger partial charge in [-0.25, -0.2) is 0 Å². The molecule has 3 rings (SSSR count). The third-order valence-electron chi connectivity index (χ3n) is 4.14. The van der Waals surface area contributed by atoms with E-state index in [1.807, 2.05) is 58.0 Å². The fraction of sp³-hybridized carbons (Fsp3) is 0.250. The second-order valence-corrected chi connectivity index (χ2v) is 6.39. The van der Waals surface area contributed by atoms with Gasteiger partial charge >= 0.3 is 6.01 Å². The maximum atomic E-state index is 12.3. The Hall–Kier alpha value is -2.95. The van der Waals surface area contributed by atoms with Crippen molar-refractivity contribution in [2.45, 2.75) is 34.1 Å². The zero-order chi connectivity index (χ0) is 18.0. The quantitative estimate of drug-likeness (QED) is 0.777. The summed E-state index contributed by atoms with van der Waals surface area (Å²) in [5.74, 6) is 0.226. The summed E-state index contributed by atoms with van der Waals surface area (Å²) in [6.45, 7) is 8.02. The summed E-state index contributed by atoms with van der Waals surface area (Å²) in [7, 11) is 0. The van der Waals surface area contributed by atoms with Crippen molar-refractivity contribution in [2.24, 2.45) is 0 Å². The minimum Gasteiger partial charge on any atom is -0.403 e. The van der Waals surface area contributed by atoms with Crippen LogP contribution in [0.15, 0.2) is 40.8 Å². The molecule has 0 spiro atoms. The number of carbonyl (C=O) groups is 1. The van der Waals surface area contributed by atoms with E-state index in [1.54, 1.807) is 0 Å². The fourth-order valence-electron chi connectivity index (χ4n) is 2.76. The molecular weight excluding hydrogens is 314 g/mol. The first-order chi connectivity index (χ1) is 11.9. The van der Waals surface area contributed by atoms with Crippen LogP contribution in [0.1, 0.15) is 27.8 Å². The Bertz CT molecular complexity index is 928. The van der Waals surface area contributed by atoms with Crippen molar-refractivity contribution in [3.8, 4) is 11.5 Å². The average molecular weight is 335 g/mol. The molecule has 0 bridgehead atoms. The zero-order valence-electron chi connectivity index (χ0n) is 14.9. The first-order valence-electron chi connectivity index (χ1n) is 8.19. The molecule has 1 N–H and O–H groups in total. The molecule has 0 saturated heterocycles. The molecular formula is C20H21N3O2. The van der Waals surface area contributed by atoms with Gasteiger partial charge in [-0.05, 0) is 50.5 Å². The Morgan fingerprint density at radius 1 is 0.960 bits per heavy atom. The van der Waals surface area contributed by atoms with Crippen LogP contribution in [0.2, 0.25) is 0 Å². The van der Waals surface area contributed by atoms with E-state index in [-0.39, 0.29) is 18.3 Å². The molecule has 25 heavy (non-hydrogen) atoms. The van der Waals surface area contributed by atoms with E-state index in [2.05, 4.69) is 21.6 Å². The molecule has 0 saturated carbocycles. The Morgan fingerprint density at radius 2 is 1.68 bits per heavy atom. The zero-order valence-corrected chi connectivity index (χ0v) is 14.9. The van der Waals surface area contributed by atoms with E-state index >= 15 is 0 Å². The maximum Gasteiger partial charge on any atom is 0.322 e. The van der Waals surface area contributed by atoms with Crippen molar-refractivity contribution >= 4 is 11.9 Å². The highest BCUT2D eigenvalue weighted by Crippen LogP contribution is 2.24. The van der Waals surface area contributed by atoms with Crippen LogP contribution in [-0.4, -0.2) is 16.1 Å². The highest BCUT2D eigenvalue weighted by molar-refractivity contribution is 5.90. The van der Waals surface area contributed by atoms with E-state index in [9.17, 15) is 4.79 Å². The molecule has 1 aromatic heterocycles. The standard InChI is InChI=1S/C20H21N3O2/c1-12-6-8-17(15(4)9-12)19-22-23-20(25-19)21-18(24)11-16-10-13(2)5-7-14(16)3/h5-10H,11H2,1-4H3,(H,21,23,24). The number of hydrogen-bond donors (Lipinski definition) is 1. The molecule has 2 aromatic carbocycles. The highest BCUT2D eigenvalue weighted by Gasteiger charge is 2.14. The van der Waals surface area contributed by atoms with Crippen molar-refractivity contribution in [3.05, 3.63) is 64.2 Å². The molecule has 5 heteroatoms. The van der Waals surface area contributed by atoms with Crippen molar-refractivity contribution in [2.75, 3.05) is 5.32 Å². The summed E-state index contributed by atoms with van der Waals surface area (Å²) in [4.78, 5) is 12.3. The molecule has 1 amide bonds. The molecule has 0 unspecified atom stereocenters. The number of nitrogens with one attached hydrogen (secondary N) is 1. The number of rotatable bonds is 4. The number of hydrogen-bond acceptors (Lipinski definition) is 4. The minimum absolute atomic E-state index is 0.116. The lowest BCUT2D eigenvalue weighted by Gasteiger charge is -2.06. The smallest absolute Gasteiger partial charge is 0.322 e. The number of carbonyl (C=O) groups excluding carboxylic acids is 1. The van der Waals surface area contributed by atoms with Crippen LogP contribution < -0.4 is 5.32 Å². The lowest BCUT2D eigenvalue weighted by atomic mass is 10.0. The largest absolute Gasteiger partial charge is 0.403 e. The second kappa shape index (κ2) is 6.89. The summed E-state index contributed by atoms with van der Waals surface area (Å²) in [6.07, 6.45) is 0.273. The lowest BCUT2D eigenvalue weighted by molar-refractivity contribution is -0.115. The summed E-state index contributed by atoms with van der Waals surface area (Å²) in [6, 6.07) is 12.2. The van der Waals surface area contributed by atoms with Crippen LogP contribution in [0.25, 0.3) is 11.5 Å². The number of benzene rings is 2. The summed E-state index contributed by atoms with van der Waals surface area (Å²) in [5, 5.41) is 10.6. The summed E-state index contributed by atoms with van der Waals surface area (Å²) in [5.41, 5.74) is 6.30. The second-order valence-electron chi connectivity index (χ2n) is 6.39. The molecule has 0 fully saturated rings. The molecule has 5 nitrogen and oxygen atoms in total. The van der Waals surface area contributed by atoms with Gasteiger partial charge in [0.2, 0.25) is 11.8 Å². The van der Waals surface area contributed by atoms with E-state index in [0.29, 0.717) is 5.89 Å². The molecule has 0 radical (unpaired) electrons. The predicted octanol–water partition coefficient (Wildman–Crippen LogP) is 4.15. The van der Waals surface area contributed by atoms with Gasteiger partial charge < -0.3 is 4.42 Å². The SMILES string of the molecule is Cc1ccc(-c2nnc(NC(=O)Cc3cc(C)ccc3C)o2)c(C)c1. The Kier molecular flexibility index (Phi) is 4.65. The number of aromatic nitrogens is 2. The van der Waals surface area contributed by atoms with Crippen LogP contribution >= 0.6 is 0 Å². The van der Waals surface area contributed by atoms with E-state index in [4.69, 9.17) is 4.42 Å². The van der Waals surface area contributed by atoms with E-state index in [1.165, 1.54) is 5.56 Å². The molecule has 0 aliphatic heterocycles. The Morgan fingerprint density at radius 3 is 2.44 bits per heavy atom. The maximum absolute atomic E-state index is 12.3. The third kappa shape index (κ3) is 3.94. The van der Waals surface area contributed by atoms with Crippen molar-refractivity contribution in [1.82, 2.24) is 10.2 Å². The van der Waals surface area contributed by atoms with Gasteiger partial charge in [0.1, 0.15) is 0 Å². The minimum atomic E-state index is -0.176. The van der Waals surface area contributed by atoms with Gasteiger partial charge in [0.15, 0.2) is 0 Å². The van der Waals surface area contributed by atoms with Gasteiger partial charge in [0.25, 0.3) is 0 Å². The van der Waals surface area contributed by atoms with E-state index in [0.717, 1.165) is 27.8 Å². The summed E-state index contributed by atoms with van der Waals surface area (Å²) >= 11 is 0. The number of anilines is 1. The third-order valence-corrected chi connectivity index (χ3v) is 4.14. The monoisotopic (exact) mass is 335 g/mol. The van der Waals surface area contributed by atoms with Crippen LogP contribution in [0.3, 0.4) is 0 Å². The topological polar surface area (TPSA) is 68.0 Å². The number of aryl methyl sites for hydroxylation is 4. The number of nitrogens with zero attached hydrogens (tertiary/aromatic N) is 2. The molecule has 0 aliphatic carbocycles. The fourth-order valence-corrected chi connectivity index (χ4v) is 2.76. The molecule has 3 aromatic rings. The van der Waals surface area contributed by atoms with Crippen LogP contribution in [0.4, 0.5) is 6.01 Å². The summed E-state index contributed by atoms with van der Waals surface area (Å²) < 4.78 is 5.60. The van der Waals surface area contributed by atoms with Crippen molar-refractivity contribution < 1.29 is 9.21 Å². The van der Waals surface area contributed by atoms with Crippen LogP contribution in [0.5, 0.6) is 0 Å². The molecule has 0 aliphatic rings. The Labute approximate surface area is 147 Å². The lowest BCUT2D eigenvalue weighted by Crippen LogP contribution is -2.15. The normalized spacial score (nSPS) is 10.7. The van der Waals surface area contributed by atoms with Crippen LogP contribution in [0, 0.1) is 27.7 Å². The van der Waals surface area contributed by atoms with Gasteiger partial charge in [-0.3, -0.25) is 10.1 Å². The van der Waals surface area contributed by atoms with E-state index < -0.39 is 0 Å². The molecule has 128 valence electrons. The van der Waals surface area contributed by atoms with Crippen molar-refractivity contribution in [3.63, 3.8) is 0 Å². The first-order valence-corrected chi connectivity index (χ1v) is 8.19. The van der Waals surface area contributed by atoms with Gasteiger partial charge in [-0.15, -0.1) is 5.10 Å². The predicted molar refractivity (Wildman–Crippen MR) is 97.5 cm³/mol. The first kappa shape index (κ1) is 16.9. The average Bonchev–Trinajstić information content (AvgIpc) is 2.99. The van der Waals surface area contributed by atoms with Crippen LogP contribution in [-0.2, 0) is 11.2 Å².